The minimum atomic E-state index is -0.318. The van der Waals surface area contributed by atoms with Crippen LogP contribution >= 0.6 is 0 Å². The van der Waals surface area contributed by atoms with E-state index in [1.54, 1.807) is 12.1 Å². The van der Waals surface area contributed by atoms with Gasteiger partial charge in [0.15, 0.2) is 6.61 Å². The molecule has 1 N–H and O–H groups in total. The van der Waals surface area contributed by atoms with E-state index >= 15 is 0 Å². The van der Waals surface area contributed by atoms with E-state index in [0.717, 1.165) is 17.7 Å². The van der Waals surface area contributed by atoms with E-state index in [4.69, 9.17) is 9.15 Å². The van der Waals surface area contributed by atoms with Gasteiger partial charge in [0, 0.05) is 0 Å². The van der Waals surface area contributed by atoms with Crippen molar-refractivity contribution in [2.75, 3.05) is 6.61 Å². The third kappa shape index (κ3) is 4.48. The number of nitrogens with one attached hydrogen (secondary N) is 1. The molecule has 5 heteroatoms. The average Bonchev–Trinajstić information content (AvgIpc) is 3.06. The van der Waals surface area contributed by atoms with Crippen molar-refractivity contribution in [2.24, 2.45) is 5.10 Å². The number of carbonyl (C=O) groups is 1. The molecule has 2 rings (SSSR count). The molecule has 1 amide bonds. The van der Waals surface area contributed by atoms with Gasteiger partial charge in [-0.25, -0.2) is 5.43 Å². The lowest BCUT2D eigenvalue weighted by molar-refractivity contribution is -0.123. The third-order valence-electron chi connectivity index (χ3n) is 3.35. The van der Waals surface area contributed by atoms with Crippen LogP contribution in [0.2, 0.25) is 0 Å². The van der Waals surface area contributed by atoms with Gasteiger partial charge in [-0.2, -0.15) is 5.10 Å². The van der Waals surface area contributed by atoms with Gasteiger partial charge in [0.1, 0.15) is 11.5 Å². The Morgan fingerprint density at radius 1 is 1.36 bits per heavy atom. The summed E-state index contributed by atoms with van der Waals surface area (Å²) in [4.78, 5) is 11.7. The smallest absolute Gasteiger partial charge is 0.277 e. The van der Waals surface area contributed by atoms with Gasteiger partial charge in [-0.05, 0) is 36.1 Å². The summed E-state index contributed by atoms with van der Waals surface area (Å²) in [5.41, 5.74) is 3.51. The van der Waals surface area contributed by atoms with Crippen molar-refractivity contribution in [1.82, 2.24) is 5.43 Å². The van der Waals surface area contributed by atoms with Crippen LogP contribution in [0, 0.1) is 0 Å². The molecule has 116 valence electrons. The first-order valence-corrected chi connectivity index (χ1v) is 7.27. The van der Waals surface area contributed by atoms with E-state index in [1.165, 1.54) is 12.5 Å². The van der Waals surface area contributed by atoms with Crippen molar-refractivity contribution in [3.05, 3.63) is 54.0 Å². The average molecular weight is 300 g/mol. The predicted octanol–water partition coefficient (Wildman–Crippen LogP) is 3.32. The van der Waals surface area contributed by atoms with Crippen LogP contribution < -0.4 is 10.2 Å². The van der Waals surface area contributed by atoms with Crippen LogP contribution in [0.1, 0.15) is 37.5 Å². The lowest BCUT2D eigenvalue weighted by atomic mass is 9.98. The lowest BCUT2D eigenvalue weighted by Crippen LogP contribution is -2.24. The largest absolute Gasteiger partial charge is 0.483 e. The minimum absolute atomic E-state index is 0.0804. The van der Waals surface area contributed by atoms with E-state index in [1.807, 2.05) is 24.3 Å². The molecule has 1 heterocycles. The molecule has 1 atom stereocenters. The second-order valence-electron chi connectivity index (χ2n) is 4.94. The SMILES string of the molecule is CCC(C)c1ccccc1OCC(=O)N/N=C/c1ccco1. The maximum Gasteiger partial charge on any atom is 0.277 e. The van der Waals surface area contributed by atoms with Crippen LogP contribution in [-0.2, 0) is 4.79 Å². The molecule has 2 aromatic rings. The van der Waals surface area contributed by atoms with Crippen LogP contribution in [0.4, 0.5) is 0 Å². The number of hydrogen-bond acceptors (Lipinski definition) is 4. The molecular formula is C17H20N2O3. The van der Waals surface area contributed by atoms with Gasteiger partial charge in [-0.1, -0.05) is 32.0 Å². The van der Waals surface area contributed by atoms with Gasteiger partial charge in [0.2, 0.25) is 0 Å². The van der Waals surface area contributed by atoms with Gasteiger partial charge in [0.05, 0.1) is 12.5 Å². The van der Waals surface area contributed by atoms with Gasteiger partial charge in [-0.3, -0.25) is 4.79 Å². The van der Waals surface area contributed by atoms with Crippen LogP contribution in [0.3, 0.4) is 0 Å². The molecule has 5 nitrogen and oxygen atoms in total. The third-order valence-corrected chi connectivity index (χ3v) is 3.35. The fourth-order valence-electron chi connectivity index (χ4n) is 1.95. The highest BCUT2D eigenvalue weighted by molar-refractivity contribution is 5.81. The molecule has 1 aromatic heterocycles. The molecule has 0 saturated carbocycles. The maximum atomic E-state index is 11.7. The highest BCUT2D eigenvalue weighted by Gasteiger charge is 2.10. The zero-order valence-electron chi connectivity index (χ0n) is 12.8. The van der Waals surface area contributed by atoms with Crippen LogP contribution in [-0.4, -0.2) is 18.7 Å². The number of nitrogens with zero attached hydrogens (tertiary/aromatic N) is 1. The molecular weight excluding hydrogens is 280 g/mol. The van der Waals surface area contributed by atoms with E-state index in [2.05, 4.69) is 24.4 Å². The summed E-state index contributed by atoms with van der Waals surface area (Å²) >= 11 is 0. The predicted molar refractivity (Wildman–Crippen MR) is 85.1 cm³/mol. The van der Waals surface area contributed by atoms with Crippen LogP contribution in [0.5, 0.6) is 5.75 Å². The van der Waals surface area contributed by atoms with E-state index < -0.39 is 0 Å². The second kappa shape index (κ2) is 8.02. The number of ether oxygens (including phenoxy) is 1. The summed E-state index contributed by atoms with van der Waals surface area (Å²) in [5, 5.41) is 3.80. The van der Waals surface area contributed by atoms with Crippen molar-refractivity contribution >= 4 is 12.1 Å². The Morgan fingerprint density at radius 2 is 2.18 bits per heavy atom. The second-order valence-corrected chi connectivity index (χ2v) is 4.94. The number of para-hydroxylation sites is 1. The molecule has 0 saturated heterocycles. The topological polar surface area (TPSA) is 63.8 Å². The Kier molecular flexibility index (Phi) is 5.77. The number of furan rings is 1. The summed E-state index contributed by atoms with van der Waals surface area (Å²) in [5.74, 6) is 1.38. The molecule has 0 aliphatic carbocycles. The fourth-order valence-corrected chi connectivity index (χ4v) is 1.95. The summed E-state index contributed by atoms with van der Waals surface area (Å²) in [7, 11) is 0. The Labute approximate surface area is 130 Å². The molecule has 0 aliphatic heterocycles. The van der Waals surface area contributed by atoms with Crippen molar-refractivity contribution in [3.8, 4) is 5.75 Å². The normalized spacial score (nSPS) is 12.3. The summed E-state index contributed by atoms with van der Waals surface area (Å²) in [6.45, 7) is 4.18. The van der Waals surface area contributed by atoms with Crippen LogP contribution in [0.25, 0.3) is 0 Å². The quantitative estimate of drug-likeness (QED) is 0.630. The zero-order valence-corrected chi connectivity index (χ0v) is 12.8. The molecule has 1 unspecified atom stereocenters. The first-order chi connectivity index (χ1) is 10.7. The lowest BCUT2D eigenvalue weighted by Gasteiger charge is -2.15. The first-order valence-electron chi connectivity index (χ1n) is 7.27. The van der Waals surface area contributed by atoms with Gasteiger partial charge < -0.3 is 9.15 Å². The Hall–Kier alpha value is -2.56. The number of hydrogen-bond donors (Lipinski definition) is 1. The number of hydrazone groups is 1. The van der Waals surface area contributed by atoms with Gasteiger partial charge in [0.25, 0.3) is 5.91 Å². The molecule has 0 aliphatic rings. The highest BCUT2D eigenvalue weighted by Crippen LogP contribution is 2.28. The molecule has 1 aromatic carbocycles. The molecule has 22 heavy (non-hydrogen) atoms. The summed E-state index contributed by atoms with van der Waals surface area (Å²) in [6.07, 6.45) is 3.99. The highest BCUT2D eigenvalue weighted by atomic mass is 16.5. The molecule has 0 radical (unpaired) electrons. The van der Waals surface area contributed by atoms with Crippen LogP contribution in [0.15, 0.2) is 52.2 Å². The summed E-state index contributed by atoms with van der Waals surface area (Å²) < 4.78 is 10.7. The van der Waals surface area contributed by atoms with E-state index in [0.29, 0.717) is 11.7 Å². The summed E-state index contributed by atoms with van der Waals surface area (Å²) in [6, 6.07) is 11.3. The first kappa shape index (κ1) is 15.8. The Morgan fingerprint density at radius 3 is 2.91 bits per heavy atom. The monoisotopic (exact) mass is 300 g/mol. The van der Waals surface area contributed by atoms with Crippen molar-refractivity contribution < 1.29 is 13.9 Å². The minimum Gasteiger partial charge on any atom is -0.483 e. The van der Waals surface area contributed by atoms with Crippen molar-refractivity contribution in [1.29, 1.82) is 0 Å². The number of carbonyl (C=O) groups excluding carboxylic acids is 1. The molecule has 0 fully saturated rings. The molecule has 0 spiro atoms. The number of rotatable bonds is 7. The number of amides is 1. The Bertz CT molecular complexity index is 621. The fraction of sp³-hybridized carbons (Fsp3) is 0.294. The van der Waals surface area contributed by atoms with Crippen molar-refractivity contribution in [2.45, 2.75) is 26.2 Å². The Balaban J connectivity index is 1.86. The van der Waals surface area contributed by atoms with E-state index in [9.17, 15) is 4.79 Å². The van der Waals surface area contributed by atoms with Gasteiger partial charge in [-0.15, -0.1) is 0 Å². The standard InChI is InChI=1S/C17H20N2O3/c1-3-13(2)15-8-4-5-9-16(15)22-12-17(20)19-18-11-14-7-6-10-21-14/h4-11,13H,3,12H2,1-2H3,(H,19,20)/b18-11+. The van der Waals surface area contributed by atoms with E-state index in [-0.39, 0.29) is 12.5 Å². The zero-order chi connectivity index (χ0) is 15.8. The maximum absolute atomic E-state index is 11.7. The van der Waals surface area contributed by atoms with Crippen molar-refractivity contribution in [3.63, 3.8) is 0 Å². The molecule has 0 bridgehead atoms. The number of benzene rings is 1. The van der Waals surface area contributed by atoms with Gasteiger partial charge >= 0.3 is 0 Å².